The molecule has 0 aliphatic rings. The molecule has 1 heterocycles. The molecule has 20 heavy (non-hydrogen) atoms. The zero-order valence-corrected chi connectivity index (χ0v) is 11.4. The Morgan fingerprint density at radius 3 is 2.80 bits per heavy atom. The van der Waals surface area contributed by atoms with Crippen LogP contribution in [0.1, 0.15) is 27.4 Å². The molecule has 0 saturated heterocycles. The standard InChI is InChI=1S/C14H11ClN2O3/c1-8-4-11(20-13(8)14(18)19)7-17-10-3-2-9(6-16)12(15)5-10/h2-5,17H,7H2,1H3,(H,18,19). The number of rotatable bonds is 4. The summed E-state index contributed by atoms with van der Waals surface area (Å²) >= 11 is 5.92. The molecule has 0 unspecified atom stereocenters. The van der Waals surface area contributed by atoms with E-state index in [0.29, 0.717) is 28.5 Å². The van der Waals surface area contributed by atoms with E-state index in [0.717, 1.165) is 5.69 Å². The fourth-order valence-corrected chi connectivity index (χ4v) is 1.98. The monoisotopic (exact) mass is 290 g/mol. The number of hydrogen-bond acceptors (Lipinski definition) is 4. The molecule has 0 bridgehead atoms. The molecule has 0 atom stereocenters. The SMILES string of the molecule is Cc1cc(CNc2ccc(C#N)c(Cl)c2)oc1C(=O)O. The number of aryl methyl sites for hydroxylation is 1. The van der Waals surface area contributed by atoms with Gasteiger partial charge >= 0.3 is 5.97 Å². The number of nitrogens with zero attached hydrogens (tertiary/aromatic N) is 1. The molecule has 5 nitrogen and oxygen atoms in total. The van der Waals surface area contributed by atoms with Crippen molar-refractivity contribution in [3.63, 3.8) is 0 Å². The van der Waals surface area contributed by atoms with E-state index in [-0.39, 0.29) is 5.76 Å². The molecule has 1 aromatic heterocycles. The summed E-state index contributed by atoms with van der Waals surface area (Å²) in [5, 5.41) is 21.1. The van der Waals surface area contributed by atoms with Crippen molar-refractivity contribution in [2.75, 3.05) is 5.32 Å². The number of carboxylic acids is 1. The number of anilines is 1. The molecule has 2 aromatic rings. The number of halogens is 1. The molecule has 2 rings (SSSR count). The lowest BCUT2D eigenvalue weighted by Gasteiger charge is -2.05. The molecule has 2 N–H and O–H groups in total. The van der Waals surface area contributed by atoms with Crippen molar-refractivity contribution in [3.8, 4) is 6.07 Å². The van der Waals surface area contributed by atoms with E-state index in [4.69, 9.17) is 26.4 Å². The van der Waals surface area contributed by atoms with Gasteiger partial charge in [0.25, 0.3) is 0 Å². The van der Waals surface area contributed by atoms with E-state index < -0.39 is 5.97 Å². The molecule has 1 aromatic carbocycles. The number of hydrogen-bond donors (Lipinski definition) is 2. The molecule has 0 spiro atoms. The number of nitrogens with one attached hydrogen (secondary N) is 1. The van der Waals surface area contributed by atoms with Crippen molar-refractivity contribution in [1.29, 1.82) is 5.26 Å². The van der Waals surface area contributed by atoms with Gasteiger partial charge in [0.05, 0.1) is 17.1 Å². The summed E-state index contributed by atoms with van der Waals surface area (Å²) in [6.07, 6.45) is 0. The molecule has 102 valence electrons. The van der Waals surface area contributed by atoms with Crippen molar-refractivity contribution in [2.45, 2.75) is 13.5 Å². The van der Waals surface area contributed by atoms with Gasteiger partial charge in [-0.2, -0.15) is 5.26 Å². The van der Waals surface area contributed by atoms with Gasteiger partial charge in [0.1, 0.15) is 11.8 Å². The number of carboxylic acid groups (broad SMARTS) is 1. The topological polar surface area (TPSA) is 86.3 Å². The second-order valence-corrected chi connectivity index (χ2v) is 4.60. The predicted octanol–water partition coefficient (Wildman–Crippen LogP) is 3.42. The van der Waals surface area contributed by atoms with Gasteiger partial charge in [-0.25, -0.2) is 4.79 Å². The number of furan rings is 1. The maximum Gasteiger partial charge on any atom is 0.372 e. The summed E-state index contributed by atoms with van der Waals surface area (Å²) in [5.41, 5.74) is 1.70. The Hall–Kier alpha value is -2.45. The fourth-order valence-electron chi connectivity index (χ4n) is 1.75. The molecular formula is C14H11ClN2O3. The average Bonchev–Trinajstić information content (AvgIpc) is 2.78. The van der Waals surface area contributed by atoms with Gasteiger partial charge in [0, 0.05) is 11.3 Å². The van der Waals surface area contributed by atoms with Gasteiger partial charge in [0.2, 0.25) is 5.76 Å². The third kappa shape index (κ3) is 2.92. The molecule has 0 saturated carbocycles. The van der Waals surface area contributed by atoms with Crippen LogP contribution >= 0.6 is 11.6 Å². The van der Waals surface area contributed by atoms with Gasteiger partial charge in [0.15, 0.2) is 0 Å². The van der Waals surface area contributed by atoms with E-state index >= 15 is 0 Å². The molecule has 0 amide bonds. The van der Waals surface area contributed by atoms with E-state index in [2.05, 4.69) is 5.32 Å². The van der Waals surface area contributed by atoms with E-state index in [1.807, 2.05) is 6.07 Å². The van der Waals surface area contributed by atoms with Crippen LogP contribution in [0.3, 0.4) is 0 Å². The van der Waals surface area contributed by atoms with Crippen molar-refractivity contribution in [3.05, 3.63) is 51.9 Å². The third-order valence-corrected chi connectivity index (χ3v) is 3.03. The minimum atomic E-state index is -1.09. The first kappa shape index (κ1) is 14.0. The average molecular weight is 291 g/mol. The van der Waals surface area contributed by atoms with Crippen LogP contribution in [0.4, 0.5) is 5.69 Å². The first-order chi connectivity index (χ1) is 9.51. The number of aromatic carboxylic acids is 1. The first-order valence-electron chi connectivity index (χ1n) is 5.77. The van der Waals surface area contributed by atoms with Crippen LogP contribution in [-0.2, 0) is 6.54 Å². The Balaban J connectivity index is 2.09. The van der Waals surface area contributed by atoms with Crippen molar-refractivity contribution >= 4 is 23.3 Å². The molecule has 0 aliphatic carbocycles. The number of benzene rings is 1. The maximum absolute atomic E-state index is 10.9. The predicted molar refractivity (Wildman–Crippen MR) is 73.9 cm³/mol. The third-order valence-electron chi connectivity index (χ3n) is 2.72. The van der Waals surface area contributed by atoms with Gasteiger partial charge in [-0.3, -0.25) is 0 Å². The number of carbonyl (C=O) groups is 1. The quantitative estimate of drug-likeness (QED) is 0.901. The van der Waals surface area contributed by atoms with Crippen LogP contribution in [0.2, 0.25) is 5.02 Å². The first-order valence-corrected chi connectivity index (χ1v) is 6.15. The summed E-state index contributed by atoms with van der Waals surface area (Å²) in [7, 11) is 0. The van der Waals surface area contributed by atoms with E-state index in [9.17, 15) is 4.79 Å². The van der Waals surface area contributed by atoms with Crippen molar-refractivity contribution < 1.29 is 14.3 Å². The molecule has 0 radical (unpaired) electrons. The summed E-state index contributed by atoms with van der Waals surface area (Å²) in [6.45, 7) is 2.01. The molecule has 0 aliphatic heterocycles. The zero-order chi connectivity index (χ0) is 14.7. The normalized spacial score (nSPS) is 10.1. The van der Waals surface area contributed by atoms with Gasteiger partial charge in [-0.15, -0.1) is 0 Å². The van der Waals surface area contributed by atoms with Crippen LogP contribution in [0.25, 0.3) is 0 Å². The summed E-state index contributed by atoms with van der Waals surface area (Å²) < 4.78 is 5.23. The van der Waals surface area contributed by atoms with Crippen LogP contribution in [0, 0.1) is 18.3 Å². The van der Waals surface area contributed by atoms with Crippen molar-refractivity contribution in [2.24, 2.45) is 0 Å². The van der Waals surface area contributed by atoms with Crippen LogP contribution in [0.5, 0.6) is 0 Å². The largest absolute Gasteiger partial charge is 0.475 e. The zero-order valence-electron chi connectivity index (χ0n) is 10.6. The maximum atomic E-state index is 10.9. The minimum Gasteiger partial charge on any atom is -0.475 e. The lowest BCUT2D eigenvalue weighted by atomic mass is 10.2. The number of nitriles is 1. The second kappa shape index (κ2) is 5.68. The van der Waals surface area contributed by atoms with Gasteiger partial charge in [-0.1, -0.05) is 11.6 Å². The summed E-state index contributed by atoms with van der Waals surface area (Å²) in [5.74, 6) is -0.629. The van der Waals surface area contributed by atoms with Crippen molar-refractivity contribution in [1.82, 2.24) is 0 Å². The van der Waals surface area contributed by atoms with Crippen LogP contribution in [0.15, 0.2) is 28.7 Å². The Kier molecular flexibility index (Phi) is 3.97. The molecule has 0 fully saturated rings. The Labute approximate surface area is 120 Å². The second-order valence-electron chi connectivity index (χ2n) is 4.19. The lowest BCUT2D eigenvalue weighted by molar-refractivity contribution is 0.0659. The highest BCUT2D eigenvalue weighted by Gasteiger charge is 2.14. The Bertz CT molecular complexity index is 701. The van der Waals surface area contributed by atoms with E-state index in [1.165, 1.54) is 0 Å². The highest BCUT2D eigenvalue weighted by atomic mass is 35.5. The Morgan fingerprint density at radius 1 is 1.50 bits per heavy atom. The van der Waals surface area contributed by atoms with Crippen LogP contribution in [-0.4, -0.2) is 11.1 Å². The summed E-state index contributed by atoms with van der Waals surface area (Å²) in [6, 6.07) is 8.61. The molecule has 6 heteroatoms. The van der Waals surface area contributed by atoms with E-state index in [1.54, 1.807) is 31.2 Å². The van der Waals surface area contributed by atoms with Gasteiger partial charge < -0.3 is 14.8 Å². The van der Waals surface area contributed by atoms with Gasteiger partial charge in [-0.05, 0) is 31.2 Å². The summed E-state index contributed by atoms with van der Waals surface area (Å²) in [4.78, 5) is 10.9. The highest BCUT2D eigenvalue weighted by Crippen LogP contribution is 2.21. The Morgan fingerprint density at radius 2 is 2.25 bits per heavy atom. The molecular weight excluding hydrogens is 280 g/mol. The highest BCUT2D eigenvalue weighted by molar-refractivity contribution is 6.32. The lowest BCUT2D eigenvalue weighted by Crippen LogP contribution is -1.99. The minimum absolute atomic E-state index is 0.0559. The fraction of sp³-hybridized carbons (Fsp3) is 0.143. The smallest absolute Gasteiger partial charge is 0.372 e. The van der Waals surface area contributed by atoms with Crippen LogP contribution < -0.4 is 5.32 Å².